The Morgan fingerprint density at radius 2 is 1.31 bits per heavy atom. The summed E-state index contributed by atoms with van der Waals surface area (Å²) in [5.41, 5.74) is 0. The molecule has 0 amide bonds. The number of hydrogen-bond donors (Lipinski definition) is 0. The fourth-order valence-corrected chi connectivity index (χ4v) is 3.95. The van der Waals surface area contributed by atoms with Gasteiger partial charge in [0, 0.05) is 12.6 Å². The van der Waals surface area contributed by atoms with Crippen molar-refractivity contribution in [2.24, 2.45) is 5.92 Å². The van der Waals surface area contributed by atoms with Gasteiger partial charge in [0.2, 0.25) is 0 Å². The molecule has 1 unspecified atom stereocenters. The fraction of sp³-hybridized carbons (Fsp3) is 1.00. The molecule has 16 heavy (non-hydrogen) atoms. The minimum absolute atomic E-state index is 0.917. The first kappa shape index (κ1) is 11.0. The quantitative estimate of drug-likeness (QED) is 0.672. The van der Waals surface area contributed by atoms with Gasteiger partial charge < -0.3 is 4.90 Å². The number of nitrogens with zero attached hydrogens (tertiary/aromatic N) is 2. The molecule has 4 fully saturated rings. The minimum atomic E-state index is 0.917. The molecule has 4 rings (SSSR count). The summed E-state index contributed by atoms with van der Waals surface area (Å²) in [5, 5.41) is 0. The lowest BCUT2D eigenvalue weighted by atomic mass is 9.82. The molecule has 0 saturated carbocycles. The van der Waals surface area contributed by atoms with Gasteiger partial charge >= 0.3 is 0 Å². The van der Waals surface area contributed by atoms with Crippen molar-refractivity contribution in [2.75, 3.05) is 32.7 Å². The van der Waals surface area contributed by atoms with E-state index in [1.807, 2.05) is 0 Å². The first-order chi connectivity index (χ1) is 7.93. The Bertz CT molecular complexity index is 213. The third kappa shape index (κ3) is 2.28. The monoisotopic (exact) mass is 222 g/mol. The van der Waals surface area contributed by atoms with E-state index in [0.29, 0.717) is 0 Å². The Kier molecular flexibility index (Phi) is 3.49. The zero-order valence-electron chi connectivity index (χ0n) is 10.5. The Hall–Kier alpha value is -0.0800. The molecule has 2 nitrogen and oxygen atoms in total. The Balaban J connectivity index is 1.61. The van der Waals surface area contributed by atoms with Crippen molar-refractivity contribution in [3.8, 4) is 0 Å². The molecule has 92 valence electrons. The van der Waals surface area contributed by atoms with E-state index < -0.39 is 0 Å². The highest BCUT2D eigenvalue weighted by Crippen LogP contribution is 2.31. The topological polar surface area (TPSA) is 6.48 Å². The maximum Gasteiger partial charge on any atom is 0.0252 e. The molecule has 2 bridgehead atoms. The molecule has 4 aliphatic rings. The highest BCUT2D eigenvalue weighted by Gasteiger charge is 2.37. The van der Waals surface area contributed by atoms with Crippen LogP contribution in [0.1, 0.15) is 44.9 Å². The van der Waals surface area contributed by atoms with Crippen molar-refractivity contribution >= 4 is 0 Å². The van der Waals surface area contributed by atoms with E-state index in [0.717, 1.165) is 12.0 Å². The van der Waals surface area contributed by atoms with Crippen LogP contribution in [-0.4, -0.2) is 48.6 Å². The second kappa shape index (κ2) is 5.05. The second-order valence-corrected chi connectivity index (χ2v) is 6.01. The number of fused-ring (bicyclic) bond motifs is 3. The van der Waals surface area contributed by atoms with Crippen LogP contribution >= 0.6 is 0 Å². The molecule has 0 aromatic carbocycles. The average Bonchev–Trinajstić information content (AvgIpc) is 2.30. The maximum atomic E-state index is 2.84. The summed E-state index contributed by atoms with van der Waals surface area (Å²) in [7, 11) is 0. The number of rotatable bonds is 1. The van der Waals surface area contributed by atoms with Gasteiger partial charge in [-0.15, -0.1) is 0 Å². The molecule has 0 radical (unpaired) electrons. The van der Waals surface area contributed by atoms with Gasteiger partial charge in [0.05, 0.1) is 0 Å². The van der Waals surface area contributed by atoms with Gasteiger partial charge in [0.1, 0.15) is 0 Å². The Morgan fingerprint density at radius 3 is 1.88 bits per heavy atom. The molecule has 0 spiro atoms. The van der Waals surface area contributed by atoms with Crippen molar-refractivity contribution in [3.63, 3.8) is 0 Å². The van der Waals surface area contributed by atoms with Gasteiger partial charge in [-0.3, -0.25) is 4.90 Å². The Labute approximate surface area is 100.0 Å². The predicted octanol–water partition coefficient (Wildman–Crippen LogP) is 2.35. The fourth-order valence-electron chi connectivity index (χ4n) is 3.95. The van der Waals surface area contributed by atoms with E-state index in [4.69, 9.17) is 0 Å². The summed E-state index contributed by atoms with van der Waals surface area (Å²) in [6, 6.07) is 0.917. The lowest BCUT2D eigenvalue weighted by Gasteiger charge is -2.49. The highest BCUT2D eigenvalue weighted by molar-refractivity contribution is 4.92. The molecule has 0 aromatic heterocycles. The smallest absolute Gasteiger partial charge is 0.0252 e. The first-order valence-corrected chi connectivity index (χ1v) is 7.40. The number of likely N-dealkylation sites (tertiary alicyclic amines) is 1. The van der Waals surface area contributed by atoms with E-state index in [-0.39, 0.29) is 0 Å². The van der Waals surface area contributed by atoms with E-state index >= 15 is 0 Å². The van der Waals surface area contributed by atoms with Crippen molar-refractivity contribution in [1.29, 1.82) is 0 Å². The second-order valence-electron chi connectivity index (χ2n) is 6.01. The Morgan fingerprint density at radius 1 is 0.688 bits per heavy atom. The largest absolute Gasteiger partial charge is 0.302 e. The first-order valence-electron chi connectivity index (χ1n) is 7.40. The van der Waals surface area contributed by atoms with Crippen molar-refractivity contribution < 1.29 is 0 Å². The van der Waals surface area contributed by atoms with Gasteiger partial charge in [-0.05, 0) is 57.8 Å². The molecular formula is C14H26N2. The van der Waals surface area contributed by atoms with Gasteiger partial charge in [0.15, 0.2) is 0 Å². The van der Waals surface area contributed by atoms with Crippen LogP contribution in [0.5, 0.6) is 0 Å². The summed E-state index contributed by atoms with van der Waals surface area (Å²) in [5.74, 6) is 1.03. The molecular weight excluding hydrogens is 196 g/mol. The van der Waals surface area contributed by atoms with Crippen LogP contribution in [0.4, 0.5) is 0 Å². The summed E-state index contributed by atoms with van der Waals surface area (Å²) in [6.45, 7) is 6.92. The molecule has 4 saturated heterocycles. The van der Waals surface area contributed by atoms with E-state index in [9.17, 15) is 0 Å². The van der Waals surface area contributed by atoms with Crippen molar-refractivity contribution in [3.05, 3.63) is 0 Å². The molecule has 1 atom stereocenters. The zero-order chi connectivity index (χ0) is 10.8. The van der Waals surface area contributed by atoms with Crippen LogP contribution in [0, 0.1) is 5.92 Å². The van der Waals surface area contributed by atoms with Crippen LogP contribution < -0.4 is 0 Å². The summed E-state index contributed by atoms with van der Waals surface area (Å²) in [6.07, 6.45) is 10.3. The molecule has 4 aliphatic heterocycles. The van der Waals surface area contributed by atoms with E-state index in [2.05, 4.69) is 9.80 Å². The van der Waals surface area contributed by atoms with Gasteiger partial charge in [-0.25, -0.2) is 0 Å². The SMILES string of the molecule is C1CCCN(C2CN3CCC2CC3)CCC1. The number of hydrogen-bond acceptors (Lipinski definition) is 2. The van der Waals surface area contributed by atoms with E-state index in [1.165, 1.54) is 77.7 Å². The molecule has 4 heterocycles. The summed E-state index contributed by atoms with van der Waals surface area (Å²) >= 11 is 0. The van der Waals surface area contributed by atoms with Crippen LogP contribution in [0.2, 0.25) is 0 Å². The number of piperidine rings is 3. The van der Waals surface area contributed by atoms with Gasteiger partial charge in [-0.1, -0.05) is 19.3 Å². The maximum absolute atomic E-state index is 2.84. The third-order valence-electron chi connectivity index (χ3n) is 4.98. The predicted molar refractivity (Wildman–Crippen MR) is 67.6 cm³/mol. The lowest BCUT2D eigenvalue weighted by Crippen LogP contribution is -2.57. The van der Waals surface area contributed by atoms with Crippen LogP contribution in [0.15, 0.2) is 0 Å². The molecule has 0 N–H and O–H groups in total. The minimum Gasteiger partial charge on any atom is -0.302 e. The molecule has 0 aromatic rings. The summed E-state index contributed by atoms with van der Waals surface area (Å²) < 4.78 is 0. The average molecular weight is 222 g/mol. The van der Waals surface area contributed by atoms with Crippen molar-refractivity contribution in [1.82, 2.24) is 9.80 Å². The molecule has 2 heteroatoms. The standard InChI is InChI=1S/C14H26N2/c1-2-4-8-16(9-5-3-1)14-12-15-10-6-13(14)7-11-15/h13-14H,1-12H2. The van der Waals surface area contributed by atoms with Crippen molar-refractivity contribution in [2.45, 2.75) is 51.0 Å². The molecule has 0 aliphatic carbocycles. The lowest BCUT2D eigenvalue weighted by molar-refractivity contribution is 0.00221. The zero-order valence-corrected chi connectivity index (χ0v) is 10.5. The van der Waals surface area contributed by atoms with Crippen LogP contribution in [0.25, 0.3) is 0 Å². The normalized spacial score (nSPS) is 41.6. The summed E-state index contributed by atoms with van der Waals surface area (Å²) in [4.78, 5) is 5.54. The van der Waals surface area contributed by atoms with E-state index in [1.54, 1.807) is 0 Å². The van der Waals surface area contributed by atoms with Gasteiger partial charge in [0.25, 0.3) is 0 Å². The highest BCUT2D eigenvalue weighted by atomic mass is 15.2. The van der Waals surface area contributed by atoms with Crippen LogP contribution in [0.3, 0.4) is 0 Å². The van der Waals surface area contributed by atoms with Crippen LogP contribution in [-0.2, 0) is 0 Å². The van der Waals surface area contributed by atoms with Gasteiger partial charge in [-0.2, -0.15) is 0 Å². The third-order valence-corrected chi connectivity index (χ3v) is 4.98.